The maximum atomic E-state index is 12.6. The highest BCUT2D eigenvalue weighted by Crippen LogP contribution is 2.33. The van der Waals surface area contributed by atoms with Gasteiger partial charge in [0.1, 0.15) is 0 Å². The van der Waals surface area contributed by atoms with Gasteiger partial charge in [-0.15, -0.1) is 0 Å². The molecule has 2 aromatic rings. The van der Waals surface area contributed by atoms with Gasteiger partial charge in [0, 0.05) is 31.8 Å². The number of aryl methyl sites for hydroxylation is 3. The summed E-state index contributed by atoms with van der Waals surface area (Å²) in [6.45, 7) is 7.28. The number of nitrogens with zero attached hydrogens (tertiary/aromatic N) is 2. The molecule has 0 spiro atoms. The van der Waals surface area contributed by atoms with E-state index in [1.165, 1.54) is 11.1 Å². The molecule has 0 bridgehead atoms. The van der Waals surface area contributed by atoms with Crippen LogP contribution in [0.2, 0.25) is 0 Å². The average molecular weight is 341 g/mol. The molecular weight excluding hydrogens is 314 g/mol. The number of nitrogens with one attached hydrogen (secondary N) is 1. The van der Waals surface area contributed by atoms with E-state index in [9.17, 15) is 4.79 Å². The van der Waals surface area contributed by atoms with Crippen LogP contribution in [0.4, 0.5) is 0 Å². The van der Waals surface area contributed by atoms with Gasteiger partial charge in [-0.3, -0.25) is 9.48 Å². The number of carbonyl (C=O) groups excluding carboxylic acids is 1. The fourth-order valence-electron chi connectivity index (χ4n) is 3.59. The molecule has 2 atom stereocenters. The highest BCUT2D eigenvalue weighted by atomic mass is 16.5. The summed E-state index contributed by atoms with van der Waals surface area (Å²) in [7, 11) is 1.86. The van der Waals surface area contributed by atoms with Crippen molar-refractivity contribution in [2.45, 2.75) is 39.7 Å². The van der Waals surface area contributed by atoms with Crippen molar-refractivity contribution in [3.05, 3.63) is 52.3 Å². The minimum absolute atomic E-state index is 0.0451. The molecule has 1 saturated heterocycles. The van der Waals surface area contributed by atoms with E-state index in [0.717, 1.165) is 30.8 Å². The molecule has 2 heterocycles. The van der Waals surface area contributed by atoms with Gasteiger partial charge in [0.15, 0.2) is 0 Å². The lowest BCUT2D eigenvalue weighted by atomic mass is 9.89. The molecule has 25 heavy (non-hydrogen) atoms. The molecule has 1 aromatic carbocycles. The number of hydrogen-bond donors (Lipinski definition) is 1. The van der Waals surface area contributed by atoms with Crippen molar-refractivity contribution in [2.75, 3.05) is 13.2 Å². The number of carbonyl (C=O) groups is 1. The molecule has 0 saturated carbocycles. The minimum Gasteiger partial charge on any atom is -0.373 e. The first-order valence-corrected chi connectivity index (χ1v) is 8.94. The van der Waals surface area contributed by atoms with E-state index < -0.39 is 0 Å². The Balaban J connectivity index is 1.69. The van der Waals surface area contributed by atoms with Crippen molar-refractivity contribution in [2.24, 2.45) is 13.0 Å². The van der Waals surface area contributed by atoms with Gasteiger partial charge < -0.3 is 10.1 Å². The van der Waals surface area contributed by atoms with Gasteiger partial charge in [0.25, 0.3) is 5.91 Å². The zero-order valence-corrected chi connectivity index (χ0v) is 15.5. The number of amides is 1. The molecule has 1 aliphatic heterocycles. The smallest absolute Gasteiger partial charge is 0.255 e. The van der Waals surface area contributed by atoms with Crippen molar-refractivity contribution in [3.8, 4) is 0 Å². The second-order valence-corrected chi connectivity index (χ2v) is 6.98. The zero-order valence-electron chi connectivity index (χ0n) is 15.5. The third-order valence-corrected chi connectivity index (χ3v) is 5.11. The van der Waals surface area contributed by atoms with Crippen molar-refractivity contribution in [3.63, 3.8) is 0 Å². The molecule has 3 rings (SSSR count). The molecular formula is C20H27N3O2. The van der Waals surface area contributed by atoms with Gasteiger partial charge in [0.05, 0.1) is 17.4 Å². The Morgan fingerprint density at radius 3 is 2.64 bits per heavy atom. The van der Waals surface area contributed by atoms with Crippen LogP contribution < -0.4 is 5.32 Å². The van der Waals surface area contributed by atoms with Gasteiger partial charge in [-0.25, -0.2) is 0 Å². The van der Waals surface area contributed by atoms with E-state index in [4.69, 9.17) is 4.74 Å². The molecule has 5 heteroatoms. The lowest BCUT2D eigenvalue weighted by Gasteiger charge is -2.32. The summed E-state index contributed by atoms with van der Waals surface area (Å²) in [5.41, 5.74) is 4.79. The predicted octanol–water partition coefficient (Wildman–Crippen LogP) is 3.24. The molecule has 0 aliphatic carbocycles. The highest BCUT2D eigenvalue weighted by Gasteiger charge is 2.28. The number of rotatable bonds is 4. The summed E-state index contributed by atoms with van der Waals surface area (Å²) in [4.78, 5) is 12.6. The lowest BCUT2D eigenvalue weighted by molar-refractivity contribution is -0.0272. The Kier molecular flexibility index (Phi) is 5.23. The first-order chi connectivity index (χ1) is 12.0. The topological polar surface area (TPSA) is 56.1 Å². The Labute approximate surface area is 149 Å². The number of benzene rings is 1. The van der Waals surface area contributed by atoms with Gasteiger partial charge in [0.2, 0.25) is 0 Å². The van der Waals surface area contributed by atoms with Gasteiger partial charge in [-0.1, -0.05) is 29.8 Å². The molecule has 1 N–H and O–H groups in total. The number of hydrogen-bond acceptors (Lipinski definition) is 3. The largest absolute Gasteiger partial charge is 0.373 e. The molecule has 1 aliphatic rings. The molecule has 2 unspecified atom stereocenters. The van der Waals surface area contributed by atoms with Crippen molar-refractivity contribution >= 4 is 5.91 Å². The zero-order chi connectivity index (χ0) is 18.0. The lowest BCUT2D eigenvalue weighted by Crippen LogP contribution is -2.35. The molecule has 5 nitrogen and oxygen atoms in total. The minimum atomic E-state index is -0.0451. The van der Waals surface area contributed by atoms with Gasteiger partial charge in [-0.05, 0) is 39.2 Å². The first kappa shape index (κ1) is 17.7. The van der Waals surface area contributed by atoms with Gasteiger partial charge in [-0.2, -0.15) is 5.10 Å². The molecule has 134 valence electrons. The van der Waals surface area contributed by atoms with Gasteiger partial charge >= 0.3 is 0 Å². The van der Waals surface area contributed by atoms with Crippen molar-refractivity contribution in [1.82, 2.24) is 15.1 Å². The quantitative estimate of drug-likeness (QED) is 0.929. The third-order valence-electron chi connectivity index (χ3n) is 5.11. The van der Waals surface area contributed by atoms with Crippen LogP contribution in [-0.4, -0.2) is 28.8 Å². The summed E-state index contributed by atoms with van der Waals surface area (Å²) < 4.78 is 7.79. The normalized spacial score (nSPS) is 20.5. The van der Waals surface area contributed by atoms with Crippen molar-refractivity contribution < 1.29 is 9.53 Å². The summed E-state index contributed by atoms with van der Waals surface area (Å²) in [5, 5.41) is 7.43. The highest BCUT2D eigenvalue weighted by molar-refractivity contribution is 5.96. The Morgan fingerprint density at radius 2 is 2.00 bits per heavy atom. The second kappa shape index (κ2) is 7.40. The first-order valence-electron chi connectivity index (χ1n) is 8.94. The Hall–Kier alpha value is -2.14. The summed E-state index contributed by atoms with van der Waals surface area (Å²) in [5.74, 6) is 0.244. The van der Waals surface area contributed by atoms with Crippen LogP contribution in [0.25, 0.3) is 0 Å². The van der Waals surface area contributed by atoms with E-state index >= 15 is 0 Å². The van der Waals surface area contributed by atoms with Crippen LogP contribution in [0.1, 0.15) is 51.8 Å². The van der Waals surface area contributed by atoms with Crippen LogP contribution in [0.3, 0.4) is 0 Å². The van der Waals surface area contributed by atoms with Crippen LogP contribution >= 0.6 is 0 Å². The second-order valence-electron chi connectivity index (χ2n) is 6.98. The summed E-state index contributed by atoms with van der Waals surface area (Å²) >= 11 is 0. The van der Waals surface area contributed by atoms with Crippen LogP contribution in [0, 0.1) is 26.7 Å². The van der Waals surface area contributed by atoms with Crippen LogP contribution in [0.15, 0.2) is 24.3 Å². The molecule has 0 radical (unpaired) electrons. The monoisotopic (exact) mass is 341 g/mol. The predicted molar refractivity (Wildman–Crippen MR) is 97.6 cm³/mol. The standard InChI is InChI=1S/C20H27N3O2/c1-13-7-9-16(10-8-13)19-17(6-5-11-25-19)12-21-20(24)18-14(2)22-23(4)15(18)3/h7-10,17,19H,5-6,11-12H2,1-4H3,(H,21,24). The SMILES string of the molecule is Cc1ccc(C2OCCCC2CNC(=O)c2c(C)nn(C)c2C)cc1. The number of aromatic nitrogens is 2. The van der Waals surface area contributed by atoms with E-state index in [-0.39, 0.29) is 17.9 Å². The fourth-order valence-corrected chi connectivity index (χ4v) is 3.59. The molecule has 1 amide bonds. The molecule has 1 aromatic heterocycles. The van der Waals surface area contributed by atoms with Crippen LogP contribution in [0.5, 0.6) is 0 Å². The summed E-state index contributed by atoms with van der Waals surface area (Å²) in [6, 6.07) is 8.50. The van der Waals surface area contributed by atoms with E-state index in [2.05, 4.69) is 41.6 Å². The van der Waals surface area contributed by atoms with Crippen molar-refractivity contribution in [1.29, 1.82) is 0 Å². The van der Waals surface area contributed by atoms with Crippen LogP contribution in [-0.2, 0) is 11.8 Å². The molecule has 1 fully saturated rings. The van der Waals surface area contributed by atoms with E-state index in [0.29, 0.717) is 12.1 Å². The maximum absolute atomic E-state index is 12.6. The third kappa shape index (κ3) is 3.76. The summed E-state index contributed by atoms with van der Waals surface area (Å²) in [6.07, 6.45) is 2.14. The Morgan fingerprint density at radius 1 is 1.28 bits per heavy atom. The number of ether oxygens (including phenoxy) is 1. The fraction of sp³-hybridized carbons (Fsp3) is 0.500. The Bertz CT molecular complexity index is 749. The maximum Gasteiger partial charge on any atom is 0.255 e. The average Bonchev–Trinajstić information content (AvgIpc) is 2.86. The van der Waals surface area contributed by atoms with E-state index in [1.54, 1.807) is 4.68 Å². The van der Waals surface area contributed by atoms with E-state index in [1.807, 2.05) is 20.9 Å².